The van der Waals surface area contributed by atoms with Crippen LogP contribution in [-0.4, -0.2) is 11.1 Å². The van der Waals surface area contributed by atoms with Crippen molar-refractivity contribution in [1.29, 1.82) is 0 Å². The number of aryl methyl sites for hydroxylation is 2. The Balaban J connectivity index is 1.55. The Kier molecular flexibility index (Phi) is 5.14. The summed E-state index contributed by atoms with van der Waals surface area (Å²) in [6.45, 7) is 4.64. The van der Waals surface area contributed by atoms with Crippen LogP contribution < -0.4 is 10.1 Å². The number of carbonyl (C=O) groups is 1. The molecule has 1 amide bonds. The van der Waals surface area contributed by atoms with Crippen LogP contribution in [0.1, 0.15) is 32.9 Å². The summed E-state index contributed by atoms with van der Waals surface area (Å²) in [7, 11) is 0. The molecule has 0 bridgehead atoms. The quantitative estimate of drug-likeness (QED) is 0.743. The minimum Gasteiger partial charge on any atom is -0.489 e. The van der Waals surface area contributed by atoms with Crippen LogP contribution >= 0.6 is 0 Å². The van der Waals surface area contributed by atoms with Crippen LogP contribution in [0, 0.1) is 13.8 Å². The zero-order valence-electron chi connectivity index (χ0n) is 14.3. The molecular weight excluding hydrogens is 316 g/mol. The summed E-state index contributed by atoms with van der Waals surface area (Å²) in [6.07, 6.45) is 0. The molecule has 0 saturated carbocycles. The standard InChI is InChI=1S/C20H20N2O3/c1-14-19(15(2)25-22-14)13-24-18-10-8-17(9-11-18)20(23)21-12-16-6-4-3-5-7-16/h3-11H,12-13H2,1-2H3,(H,21,23). The molecule has 0 atom stereocenters. The highest BCUT2D eigenvalue weighted by molar-refractivity contribution is 5.94. The molecule has 3 aromatic rings. The van der Waals surface area contributed by atoms with E-state index in [4.69, 9.17) is 9.26 Å². The maximum absolute atomic E-state index is 12.2. The highest BCUT2D eigenvalue weighted by Gasteiger charge is 2.10. The maximum Gasteiger partial charge on any atom is 0.251 e. The molecule has 25 heavy (non-hydrogen) atoms. The Morgan fingerprint density at radius 2 is 1.80 bits per heavy atom. The number of amides is 1. The average molecular weight is 336 g/mol. The van der Waals surface area contributed by atoms with Gasteiger partial charge in [0.15, 0.2) is 0 Å². The van der Waals surface area contributed by atoms with E-state index in [2.05, 4.69) is 10.5 Å². The molecule has 0 aliphatic carbocycles. The van der Waals surface area contributed by atoms with Crippen LogP contribution in [0.5, 0.6) is 5.75 Å². The number of hydrogen-bond acceptors (Lipinski definition) is 4. The Morgan fingerprint density at radius 3 is 2.44 bits per heavy atom. The molecule has 0 aliphatic rings. The fourth-order valence-corrected chi connectivity index (χ4v) is 2.45. The molecule has 0 fully saturated rings. The van der Waals surface area contributed by atoms with Gasteiger partial charge < -0.3 is 14.6 Å². The van der Waals surface area contributed by atoms with Crippen molar-refractivity contribution >= 4 is 5.91 Å². The molecule has 1 heterocycles. The van der Waals surface area contributed by atoms with Crippen molar-refractivity contribution in [2.45, 2.75) is 27.0 Å². The summed E-state index contributed by atoms with van der Waals surface area (Å²) in [5.74, 6) is 1.34. The number of carbonyl (C=O) groups excluding carboxylic acids is 1. The van der Waals surface area contributed by atoms with Crippen molar-refractivity contribution in [3.63, 3.8) is 0 Å². The van der Waals surface area contributed by atoms with Gasteiger partial charge in [-0.1, -0.05) is 35.5 Å². The number of nitrogens with zero attached hydrogens (tertiary/aromatic N) is 1. The summed E-state index contributed by atoms with van der Waals surface area (Å²) in [5, 5.41) is 6.81. The Morgan fingerprint density at radius 1 is 1.08 bits per heavy atom. The minimum absolute atomic E-state index is 0.110. The molecule has 0 spiro atoms. The minimum atomic E-state index is -0.110. The van der Waals surface area contributed by atoms with Gasteiger partial charge in [-0.2, -0.15) is 0 Å². The summed E-state index contributed by atoms with van der Waals surface area (Å²) in [4.78, 5) is 12.2. The van der Waals surface area contributed by atoms with E-state index in [0.717, 1.165) is 22.6 Å². The van der Waals surface area contributed by atoms with Crippen molar-refractivity contribution in [2.24, 2.45) is 0 Å². The lowest BCUT2D eigenvalue weighted by Crippen LogP contribution is -2.22. The van der Waals surface area contributed by atoms with Crippen molar-refractivity contribution in [2.75, 3.05) is 0 Å². The van der Waals surface area contributed by atoms with E-state index >= 15 is 0 Å². The number of nitrogens with one attached hydrogen (secondary N) is 1. The Hall–Kier alpha value is -3.08. The summed E-state index contributed by atoms with van der Waals surface area (Å²) in [5.41, 5.74) is 3.44. The molecule has 0 aliphatic heterocycles. The first-order chi connectivity index (χ1) is 12.1. The van der Waals surface area contributed by atoms with Crippen molar-refractivity contribution in [3.8, 4) is 5.75 Å². The van der Waals surface area contributed by atoms with E-state index in [1.165, 1.54) is 0 Å². The molecule has 5 heteroatoms. The molecule has 0 radical (unpaired) electrons. The van der Waals surface area contributed by atoms with Gasteiger partial charge in [0.25, 0.3) is 5.91 Å². The first-order valence-electron chi connectivity index (χ1n) is 8.10. The third kappa shape index (κ3) is 4.26. The number of ether oxygens (including phenoxy) is 1. The van der Waals surface area contributed by atoms with Gasteiger partial charge in [0.05, 0.1) is 11.3 Å². The SMILES string of the molecule is Cc1noc(C)c1COc1ccc(C(=O)NCc2ccccc2)cc1. The van der Waals surface area contributed by atoms with E-state index in [1.54, 1.807) is 24.3 Å². The number of benzene rings is 2. The lowest BCUT2D eigenvalue weighted by atomic mass is 10.2. The van der Waals surface area contributed by atoms with Crippen LogP contribution in [0.3, 0.4) is 0 Å². The summed E-state index contributed by atoms with van der Waals surface area (Å²) >= 11 is 0. The normalized spacial score (nSPS) is 10.5. The zero-order chi connectivity index (χ0) is 17.6. The monoisotopic (exact) mass is 336 g/mol. The van der Waals surface area contributed by atoms with Gasteiger partial charge in [0.1, 0.15) is 18.1 Å². The van der Waals surface area contributed by atoms with Gasteiger partial charge in [-0.3, -0.25) is 4.79 Å². The summed E-state index contributed by atoms with van der Waals surface area (Å²) < 4.78 is 10.9. The van der Waals surface area contributed by atoms with E-state index in [9.17, 15) is 4.79 Å². The van der Waals surface area contributed by atoms with Crippen LogP contribution in [0.15, 0.2) is 59.1 Å². The van der Waals surface area contributed by atoms with Gasteiger partial charge in [-0.05, 0) is 43.7 Å². The Labute approximate surface area is 146 Å². The van der Waals surface area contributed by atoms with Gasteiger partial charge in [0, 0.05) is 12.1 Å². The van der Waals surface area contributed by atoms with Crippen LogP contribution in [0.4, 0.5) is 0 Å². The van der Waals surface area contributed by atoms with E-state index in [-0.39, 0.29) is 5.91 Å². The van der Waals surface area contributed by atoms with Crippen molar-refractivity contribution in [3.05, 3.63) is 82.7 Å². The first-order valence-corrected chi connectivity index (χ1v) is 8.10. The van der Waals surface area contributed by atoms with Gasteiger partial charge in [-0.25, -0.2) is 0 Å². The van der Waals surface area contributed by atoms with E-state index < -0.39 is 0 Å². The van der Waals surface area contributed by atoms with Crippen molar-refractivity contribution < 1.29 is 14.1 Å². The maximum atomic E-state index is 12.2. The van der Waals surface area contributed by atoms with Gasteiger partial charge >= 0.3 is 0 Å². The predicted molar refractivity (Wildman–Crippen MR) is 94.4 cm³/mol. The fourth-order valence-electron chi connectivity index (χ4n) is 2.45. The highest BCUT2D eigenvalue weighted by Crippen LogP contribution is 2.18. The lowest BCUT2D eigenvalue weighted by Gasteiger charge is -2.08. The molecule has 0 unspecified atom stereocenters. The molecule has 128 valence electrons. The lowest BCUT2D eigenvalue weighted by molar-refractivity contribution is 0.0951. The topological polar surface area (TPSA) is 64.4 Å². The molecule has 3 rings (SSSR count). The van der Waals surface area contributed by atoms with Crippen LogP contribution in [0.2, 0.25) is 0 Å². The third-order valence-electron chi connectivity index (χ3n) is 3.98. The van der Waals surface area contributed by atoms with E-state index in [0.29, 0.717) is 24.5 Å². The van der Waals surface area contributed by atoms with Crippen LogP contribution in [-0.2, 0) is 13.2 Å². The number of rotatable bonds is 6. The smallest absolute Gasteiger partial charge is 0.251 e. The molecule has 2 aromatic carbocycles. The number of aromatic nitrogens is 1. The van der Waals surface area contributed by atoms with Gasteiger partial charge in [0.2, 0.25) is 0 Å². The average Bonchev–Trinajstić information content (AvgIpc) is 2.97. The van der Waals surface area contributed by atoms with E-state index in [1.807, 2.05) is 44.2 Å². The highest BCUT2D eigenvalue weighted by atomic mass is 16.5. The second-order valence-corrected chi connectivity index (χ2v) is 5.78. The molecule has 1 N–H and O–H groups in total. The molecule has 5 nitrogen and oxygen atoms in total. The predicted octanol–water partition coefficient (Wildman–Crippen LogP) is 3.80. The molecule has 0 saturated heterocycles. The molecular formula is C20H20N2O3. The first kappa shape index (κ1) is 16.8. The molecule has 1 aromatic heterocycles. The largest absolute Gasteiger partial charge is 0.489 e. The van der Waals surface area contributed by atoms with Gasteiger partial charge in [-0.15, -0.1) is 0 Å². The number of hydrogen-bond donors (Lipinski definition) is 1. The third-order valence-corrected chi connectivity index (χ3v) is 3.98. The van der Waals surface area contributed by atoms with Crippen molar-refractivity contribution in [1.82, 2.24) is 10.5 Å². The zero-order valence-corrected chi connectivity index (χ0v) is 14.3. The fraction of sp³-hybridized carbons (Fsp3) is 0.200. The second kappa shape index (κ2) is 7.66. The second-order valence-electron chi connectivity index (χ2n) is 5.78. The summed E-state index contributed by atoms with van der Waals surface area (Å²) in [6, 6.07) is 16.9. The van der Waals surface area contributed by atoms with Crippen LogP contribution in [0.25, 0.3) is 0 Å². The Bertz CT molecular complexity index is 820.